The summed E-state index contributed by atoms with van der Waals surface area (Å²) >= 11 is 0. The Morgan fingerprint density at radius 3 is 2.33 bits per heavy atom. The van der Waals surface area contributed by atoms with E-state index in [1.807, 2.05) is 61.7 Å². The van der Waals surface area contributed by atoms with Crippen LogP contribution in [-0.2, 0) is 24.3 Å². The molecule has 9 nitrogen and oxygen atoms in total. The van der Waals surface area contributed by atoms with E-state index in [9.17, 15) is 14.4 Å². The summed E-state index contributed by atoms with van der Waals surface area (Å²) in [5.74, 6) is -0.0699. The van der Waals surface area contributed by atoms with E-state index in [2.05, 4.69) is 10.2 Å². The molecule has 0 saturated carbocycles. The first kappa shape index (κ1) is 23.5. The number of carbonyl (C=O) groups excluding carboxylic acids is 3. The predicted octanol–water partition coefficient (Wildman–Crippen LogP) is 2.66. The first-order chi connectivity index (χ1) is 17.5. The van der Waals surface area contributed by atoms with Crippen LogP contribution in [0.4, 0.5) is 0 Å². The van der Waals surface area contributed by atoms with E-state index in [0.717, 1.165) is 23.0 Å². The highest BCUT2D eigenvalue weighted by Crippen LogP contribution is 2.17. The summed E-state index contributed by atoms with van der Waals surface area (Å²) in [5, 5.41) is 9.69. The topological polar surface area (TPSA) is 93.3 Å². The molecule has 0 N–H and O–H groups in total. The van der Waals surface area contributed by atoms with Crippen molar-refractivity contribution in [1.82, 2.24) is 29.4 Å². The van der Waals surface area contributed by atoms with Gasteiger partial charge in [0, 0.05) is 62.5 Å². The SMILES string of the molecule is CCn1ccc(C(=O)Cc2ccc3nn(CC(=O)N4CCN(C(=O)c5ccccc5)CC4)cc3c2)n1. The van der Waals surface area contributed by atoms with Gasteiger partial charge in [-0.2, -0.15) is 10.2 Å². The summed E-state index contributed by atoms with van der Waals surface area (Å²) in [7, 11) is 0. The number of ketones is 1. The summed E-state index contributed by atoms with van der Waals surface area (Å²) in [6.45, 7) is 4.84. The normalized spacial score (nSPS) is 13.8. The molecule has 1 aliphatic rings. The number of aromatic nitrogens is 4. The third-order valence-electron chi connectivity index (χ3n) is 6.47. The third-order valence-corrected chi connectivity index (χ3v) is 6.47. The van der Waals surface area contributed by atoms with Crippen LogP contribution < -0.4 is 0 Å². The van der Waals surface area contributed by atoms with Gasteiger partial charge in [-0.1, -0.05) is 24.3 Å². The Labute approximate surface area is 208 Å². The molecule has 0 atom stereocenters. The molecule has 2 amide bonds. The van der Waals surface area contributed by atoms with Gasteiger partial charge in [-0.3, -0.25) is 23.7 Å². The van der Waals surface area contributed by atoms with Gasteiger partial charge in [0.15, 0.2) is 5.78 Å². The van der Waals surface area contributed by atoms with Crippen LogP contribution in [0.3, 0.4) is 0 Å². The zero-order valence-electron chi connectivity index (χ0n) is 20.2. The van der Waals surface area contributed by atoms with Gasteiger partial charge in [0.25, 0.3) is 5.91 Å². The van der Waals surface area contributed by atoms with Crippen LogP contribution in [0, 0.1) is 0 Å². The van der Waals surface area contributed by atoms with E-state index in [1.54, 1.807) is 31.4 Å². The van der Waals surface area contributed by atoms with E-state index in [4.69, 9.17) is 0 Å². The van der Waals surface area contributed by atoms with Gasteiger partial charge in [-0.05, 0) is 42.8 Å². The Morgan fingerprint density at radius 1 is 0.861 bits per heavy atom. The van der Waals surface area contributed by atoms with Crippen molar-refractivity contribution < 1.29 is 14.4 Å². The second-order valence-corrected chi connectivity index (χ2v) is 8.92. The van der Waals surface area contributed by atoms with Crippen LogP contribution in [-0.4, -0.2) is 73.1 Å². The third kappa shape index (κ3) is 5.05. The minimum absolute atomic E-state index is 0.00553. The zero-order valence-corrected chi connectivity index (χ0v) is 20.2. The fourth-order valence-corrected chi connectivity index (χ4v) is 4.44. The van der Waals surface area contributed by atoms with Crippen LogP contribution in [0.25, 0.3) is 10.9 Å². The first-order valence-corrected chi connectivity index (χ1v) is 12.1. The van der Waals surface area contributed by atoms with E-state index < -0.39 is 0 Å². The Balaban J connectivity index is 1.18. The fraction of sp³-hybridized carbons (Fsp3) is 0.296. The summed E-state index contributed by atoms with van der Waals surface area (Å²) in [4.78, 5) is 41.7. The highest BCUT2D eigenvalue weighted by molar-refractivity contribution is 5.96. The molecule has 4 aromatic rings. The fourth-order valence-electron chi connectivity index (χ4n) is 4.44. The minimum atomic E-state index is -0.0333. The average Bonchev–Trinajstić information content (AvgIpc) is 3.55. The number of rotatable bonds is 7. The van der Waals surface area contributed by atoms with Gasteiger partial charge in [0.2, 0.25) is 5.91 Å². The Kier molecular flexibility index (Phi) is 6.62. The van der Waals surface area contributed by atoms with Crippen molar-refractivity contribution in [1.29, 1.82) is 0 Å². The molecule has 0 unspecified atom stereocenters. The number of amides is 2. The van der Waals surface area contributed by atoms with E-state index in [-0.39, 0.29) is 30.6 Å². The molecular weight excluding hydrogens is 456 g/mol. The number of piperazine rings is 1. The van der Waals surface area contributed by atoms with Crippen LogP contribution in [0.15, 0.2) is 67.0 Å². The van der Waals surface area contributed by atoms with Gasteiger partial charge in [-0.25, -0.2) is 0 Å². The van der Waals surface area contributed by atoms with E-state index in [1.165, 1.54) is 0 Å². The van der Waals surface area contributed by atoms with Crippen molar-refractivity contribution in [2.24, 2.45) is 0 Å². The second-order valence-electron chi connectivity index (χ2n) is 8.92. The molecule has 1 fully saturated rings. The molecule has 5 rings (SSSR count). The van der Waals surface area contributed by atoms with Crippen LogP contribution in [0.5, 0.6) is 0 Å². The molecule has 2 aromatic heterocycles. The maximum absolute atomic E-state index is 12.9. The monoisotopic (exact) mass is 484 g/mol. The van der Waals surface area contributed by atoms with Crippen LogP contribution >= 0.6 is 0 Å². The number of fused-ring (bicyclic) bond motifs is 1. The summed E-state index contributed by atoms with van der Waals surface area (Å²) in [6, 6.07) is 16.6. The van der Waals surface area contributed by atoms with Crippen LogP contribution in [0.2, 0.25) is 0 Å². The molecule has 1 saturated heterocycles. The molecule has 3 heterocycles. The van der Waals surface area contributed by atoms with E-state index >= 15 is 0 Å². The lowest BCUT2D eigenvalue weighted by atomic mass is 10.1. The molecule has 1 aliphatic heterocycles. The Morgan fingerprint density at radius 2 is 1.61 bits per heavy atom. The van der Waals surface area contributed by atoms with Crippen molar-refractivity contribution in [3.63, 3.8) is 0 Å². The zero-order chi connectivity index (χ0) is 25.1. The average molecular weight is 485 g/mol. The van der Waals surface area contributed by atoms with Crippen molar-refractivity contribution in [2.75, 3.05) is 26.2 Å². The smallest absolute Gasteiger partial charge is 0.253 e. The molecule has 9 heteroatoms. The lowest BCUT2D eigenvalue weighted by Crippen LogP contribution is -2.51. The Bertz CT molecular complexity index is 1400. The van der Waals surface area contributed by atoms with Gasteiger partial charge in [0.05, 0.1) is 5.52 Å². The largest absolute Gasteiger partial charge is 0.338 e. The van der Waals surface area contributed by atoms with Crippen molar-refractivity contribution >= 4 is 28.5 Å². The van der Waals surface area contributed by atoms with Gasteiger partial charge in [-0.15, -0.1) is 0 Å². The van der Waals surface area contributed by atoms with Gasteiger partial charge in [0.1, 0.15) is 12.2 Å². The minimum Gasteiger partial charge on any atom is -0.338 e. The number of benzene rings is 2. The van der Waals surface area contributed by atoms with Gasteiger partial charge < -0.3 is 9.80 Å². The quantitative estimate of drug-likeness (QED) is 0.376. The first-order valence-electron chi connectivity index (χ1n) is 12.1. The molecule has 184 valence electrons. The molecule has 0 aliphatic carbocycles. The number of hydrogen-bond donors (Lipinski definition) is 0. The van der Waals surface area contributed by atoms with Crippen molar-refractivity contribution in [3.8, 4) is 0 Å². The highest BCUT2D eigenvalue weighted by Gasteiger charge is 2.25. The number of carbonyl (C=O) groups is 3. The number of hydrogen-bond acceptors (Lipinski definition) is 5. The number of Topliss-reactive ketones (excluding diaryl/α,β-unsaturated/α-hetero) is 1. The lowest BCUT2D eigenvalue weighted by molar-refractivity contribution is -0.133. The molecule has 0 bridgehead atoms. The molecule has 0 spiro atoms. The van der Waals surface area contributed by atoms with Gasteiger partial charge >= 0.3 is 0 Å². The van der Waals surface area contributed by atoms with Crippen molar-refractivity contribution in [2.45, 2.75) is 26.4 Å². The Hall–Kier alpha value is -4.27. The maximum Gasteiger partial charge on any atom is 0.253 e. The molecule has 2 aromatic carbocycles. The maximum atomic E-state index is 12.9. The number of aryl methyl sites for hydroxylation is 1. The standard InChI is InChI=1S/C27H28N6O3/c1-2-32-11-10-24(29-32)25(34)17-20-8-9-23-22(16-20)18-33(28-23)19-26(35)30-12-14-31(15-13-30)27(36)21-6-4-3-5-7-21/h3-11,16,18H,2,12-15,17,19H2,1H3. The highest BCUT2D eigenvalue weighted by atomic mass is 16.2. The number of nitrogens with zero attached hydrogens (tertiary/aromatic N) is 6. The van der Waals surface area contributed by atoms with Crippen LogP contribution in [0.1, 0.15) is 33.3 Å². The van der Waals surface area contributed by atoms with E-state index in [0.29, 0.717) is 37.4 Å². The molecule has 36 heavy (non-hydrogen) atoms. The second kappa shape index (κ2) is 10.2. The van der Waals surface area contributed by atoms with Crippen molar-refractivity contribution in [3.05, 3.63) is 83.8 Å². The molecule has 0 radical (unpaired) electrons. The predicted molar refractivity (Wildman–Crippen MR) is 135 cm³/mol. The summed E-state index contributed by atoms with van der Waals surface area (Å²) in [6.07, 6.45) is 3.90. The molecular formula is C27H28N6O3. The lowest BCUT2D eigenvalue weighted by Gasteiger charge is -2.34. The summed E-state index contributed by atoms with van der Waals surface area (Å²) < 4.78 is 3.38. The summed E-state index contributed by atoms with van der Waals surface area (Å²) in [5.41, 5.74) is 2.78.